The van der Waals surface area contributed by atoms with Gasteiger partial charge in [0, 0.05) is 18.6 Å². The molecule has 2 aliphatic rings. The van der Waals surface area contributed by atoms with E-state index in [9.17, 15) is 0 Å². The molecule has 0 spiro atoms. The summed E-state index contributed by atoms with van der Waals surface area (Å²) in [5.41, 5.74) is 0. The van der Waals surface area contributed by atoms with E-state index < -0.39 is 0 Å². The minimum Gasteiger partial charge on any atom is -0.355 e. The first-order chi connectivity index (χ1) is 5.97. The molecule has 3 nitrogen and oxygen atoms in total. The lowest BCUT2D eigenvalue weighted by Gasteiger charge is -2.34. The summed E-state index contributed by atoms with van der Waals surface area (Å²) in [6, 6.07) is 0. The molecule has 0 aromatic carbocycles. The monoisotopic (exact) mass is 165 g/mol. The van der Waals surface area contributed by atoms with Gasteiger partial charge in [0.15, 0.2) is 0 Å². The van der Waals surface area contributed by atoms with Gasteiger partial charge < -0.3 is 4.90 Å². The highest BCUT2D eigenvalue weighted by molar-refractivity contribution is 5.61. The Morgan fingerprint density at radius 1 is 1.42 bits per heavy atom. The quantitative estimate of drug-likeness (QED) is 0.626. The molecule has 0 saturated carbocycles. The van der Waals surface area contributed by atoms with Gasteiger partial charge in [-0.1, -0.05) is 0 Å². The maximum atomic E-state index is 4.05. The van der Waals surface area contributed by atoms with Crippen molar-refractivity contribution in [2.75, 3.05) is 13.1 Å². The summed E-state index contributed by atoms with van der Waals surface area (Å²) >= 11 is 0. The van der Waals surface area contributed by atoms with E-state index in [1.807, 2.05) is 12.4 Å². The average Bonchev–Trinajstić information content (AvgIpc) is 2.21. The van der Waals surface area contributed by atoms with E-state index in [-0.39, 0.29) is 0 Å². The van der Waals surface area contributed by atoms with Crippen LogP contribution in [0.2, 0.25) is 0 Å². The van der Waals surface area contributed by atoms with Crippen LogP contribution in [0.3, 0.4) is 0 Å². The van der Waals surface area contributed by atoms with E-state index in [4.69, 9.17) is 0 Å². The van der Waals surface area contributed by atoms with E-state index in [1.54, 1.807) is 0 Å². The van der Waals surface area contributed by atoms with Crippen LogP contribution in [0.1, 0.15) is 19.3 Å². The van der Waals surface area contributed by atoms with E-state index in [1.165, 1.54) is 19.3 Å². The third kappa shape index (κ3) is 1.67. The van der Waals surface area contributed by atoms with Crippen LogP contribution in [0.4, 0.5) is 0 Å². The zero-order valence-electron chi connectivity index (χ0n) is 7.24. The van der Waals surface area contributed by atoms with Crippen LogP contribution in [0.15, 0.2) is 17.4 Å². The molecule has 0 aromatic heterocycles. The van der Waals surface area contributed by atoms with E-state index >= 15 is 0 Å². The predicted octanol–water partition coefficient (Wildman–Crippen LogP) is 0.944. The number of nitrogens with one attached hydrogen (secondary N) is 1. The zero-order chi connectivity index (χ0) is 8.23. The number of piperidine rings is 1. The number of hydrogen-bond acceptors (Lipinski definition) is 3. The lowest BCUT2D eigenvalue weighted by molar-refractivity contribution is 0.215. The Hall–Kier alpha value is -0.830. The van der Waals surface area contributed by atoms with Crippen LogP contribution in [0, 0.1) is 0 Å². The first-order valence-electron chi connectivity index (χ1n) is 4.64. The largest absolute Gasteiger partial charge is 0.355 e. The number of nitrogens with zero attached hydrogens (tertiary/aromatic N) is 2. The summed E-state index contributed by atoms with van der Waals surface area (Å²) in [5, 5.41) is 3.50. The van der Waals surface area contributed by atoms with Crippen molar-refractivity contribution in [2.24, 2.45) is 4.99 Å². The van der Waals surface area contributed by atoms with Crippen molar-refractivity contribution in [2.45, 2.75) is 25.4 Å². The Morgan fingerprint density at radius 3 is 3.08 bits per heavy atom. The van der Waals surface area contributed by atoms with Crippen molar-refractivity contribution < 1.29 is 0 Å². The maximum absolute atomic E-state index is 4.05. The van der Waals surface area contributed by atoms with Crippen molar-refractivity contribution in [1.29, 1.82) is 0 Å². The summed E-state index contributed by atoms with van der Waals surface area (Å²) in [6.45, 7) is 2.11. The third-order valence-electron chi connectivity index (χ3n) is 2.43. The van der Waals surface area contributed by atoms with Crippen molar-refractivity contribution >= 4 is 6.21 Å². The van der Waals surface area contributed by atoms with Gasteiger partial charge in [-0.3, -0.25) is 10.3 Å². The third-order valence-corrected chi connectivity index (χ3v) is 2.43. The van der Waals surface area contributed by atoms with Crippen LogP contribution in [-0.4, -0.2) is 30.4 Å². The Labute approximate surface area is 73.2 Å². The second-order valence-corrected chi connectivity index (χ2v) is 3.29. The van der Waals surface area contributed by atoms with E-state index in [0.717, 1.165) is 13.1 Å². The lowest BCUT2D eigenvalue weighted by Crippen LogP contribution is -2.46. The molecule has 3 heteroatoms. The van der Waals surface area contributed by atoms with Crippen molar-refractivity contribution in [3.05, 3.63) is 12.4 Å². The first kappa shape index (κ1) is 7.80. The number of hydrogen-bond donors (Lipinski definition) is 1. The summed E-state index contributed by atoms with van der Waals surface area (Å²) in [6.07, 6.45) is 10.4. The Kier molecular flexibility index (Phi) is 2.42. The smallest absolute Gasteiger partial charge is 0.0795 e. The molecule has 66 valence electrons. The standard InChI is InChI=1S/C9H15N3/c1-2-4-11-9(3-1)12-7-5-10-6-8-12/h5-7,9,11H,1-4,8H2. The van der Waals surface area contributed by atoms with Crippen molar-refractivity contribution in [3.8, 4) is 0 Å². The molecule has 0 radical (unpaired) electrons. The Bertz CT molecular complexity index is 192. The molecule has 0 aliphatic carbocycles. The molecule has 1 unspecified atom stereocenters. The predicted molar refractivity (Wildman–Crippen MR) is 50.0 cm³/mol. The normalized spacial score (nSPS) is 29.3. The van der Waals surface area contributed by atoms with Crippen LogP contribution in [0.25, 0.3) is 0 Å². The molecule has 0 aromatic rings. The summed E-state index contributed by atoms with van der Waals surface area (Å²) in [4.78, 5) is 6.36. The molecule has 0 bridgehead atoms. The van der Waals surface area contributed by atoms with E-state index in [2.05, 4.69) is 21.4 Å². The second kappa shape index (κ2) is 3.72. The molecule has 2 heterocycles. The molecule has 1 saturated heterocycles. The summed E-state index contributed by atoms with van der Waals surface area (Å²) < 4.78 is 0. The first-order valence-corrected chi connectivity index (χ1v) is 4.64. The molecule has 1 atom stereocenters. The fourth-order valence-corrected chi connectivity index (χ4v) is 1.73. The van der Waals surface area contributed by atoms with Gasteiger partial charge >= 0.3 is 0 Å². The zero-order valence-corrected chi connectivity index (χ0v) is 7.24. The topological polar surface area (TPSA) is 27.6 Å². The minimum atomic E-state index is 0.543. The van der Waals surface area contributed by atoms with Crippen molar-refractivity contribution in [3.63, 3.8) is 0 Å². The second-order valence-electron chi connectivity index (χ2n) is 3.29. The van der Waals surface area contributed by atoms with Gasteiger partial charge in [0.2, 0.25) is 0 Å². The maximum Gasteiger partial charge on any atom is 0.0795 e. The molecular formula is C9H15N3. The van der Waals surface area contributed by atoms with Gasteiger partial charge in [0.05, 0.1) is 12.7 Å². The van der Waals surface area contributed by atoms with Gasteiger partial charge in [0.25, 0.3) is 0 Å². The minimum absolute atomic E-state index is 0.543. The van der Waals surface area contributed by atoms with Gasteiger partial charge in [-0.2, -0.15) is 0 Å². The van der Waals surface area contributed by atoms with Gasteiger partial charge in [-0.05, 0) is 25.8 Å². The fraction of sp³-hybridized carbons (Fsp3) is 0.667. The SMILES string of the molecule is C1=CN(C2CCCCN2)CC=N1. The van der Waals surface area contributed by atoms with Crippen molar-refractivity contribution in [1.82, 2.24) is 10.2 Å². The van der Waals surface area contributed by atoms with E-state index in [0.29, 0.717) is 6.17 Å². The highest BCUT2D eigenvalue weighted by Gasteiger charge is 2.17. The van der Waals surface area contributed by atoms with Gasteiger partial charge in [-0.15, -0.1) is 0 Å². The average molecular weight is 165 g/mol. The van der Waals surface area contributed by atoms with Crippen LogP contribution in [0.5, 0.6) is 0 Å². The molecule has 1 fully saturated rings. The van der Waals surface area contributed by atoms with Crippen LogP contribution >= 0.6 is 0 Å². The highest BCUT2D eigenvalue weighted by atomic mass is 15.3. The lowest BCUT2D eigenvalue weighted by atomic mass is 10.1. The molecule has 0 amide bonds. The molecule has 1 N–H and O–H groups in total. The molecule has 2 aliphatic heterocycles. The van der Waals surface area contributed by atoms with Crippen LogP contribution in [-0.2, 0) is 0 Å². The highest BCUT2D eigenvalue weighted by Crippen LogP contribution is 2.12. The van der Waals surface area contributed by atoms with Gasteiger partial charge in [0.1, 0.15) is 0 Å². The fourth-order valence-electron chi connectivity index (χ4n) is 1.73. The molecular weight excluding hydrogens is 150 g/mol. The molecule has 12 heavy (non-hydrogen) atoms. The summed E-state index contributed by atoms with van der Waals surface area (Å²) in [7, 11) is 0. The Morgan fingerprint density at radius 2 is 2.42 bits per heavy atom. The Balaban J connectivity index is 1.90. The van der Waals surface area contributed by atoms with Gasteiger partial charge in [-0.25, -0.2) is 0 Å². The number of rotatable bonds is 1. The summed E-state index contributed by atoms with van der Waals surface area (Å²) in [5.74, 6) is 0. The number of aliphatic imine (C=N–C) groups is 1. The molecule has 2 rings (SSSR count). The van der Waals surface area contributed by atoms with Crippen LogP contribution < -0.4 is 5.32 Å².